The third-order valence-electron chi connectivity index (χ3n) is 4.09. The molecular weight excluding hydrogens is 258 g/mol. The second-order valence-corrected chi connectivity index (χ2v) is 5.15. The van der Waals surface area contributed by atoms with Crippen molar-refractivity contribution < 1.29 is 19.4 Å². The number of hydrogen-bond donors (Lipinski definition) is 1. The smallest absolute Gasteiger partial charge is 0.311 e. The molecule has 1 aliphatic rings. The van der Waals surface area contributed by atoms with Crippen molar-refractivity contribution in [2.75, 3.05) is 20.2 Å². The summed E-state index contributed by atoms with van der Waals surface area (Å²) < 4.78 is 5.10. The molecule has 1 atom stereocenters. The lowest BCUT2D eigenvalue weighted by atomic mass is 9.84. The maximum atomic E-state index is 12.4. The van der Waals surface area contributed by atoms with Crippen LogP contribution in [0.15, 0.2) is 24.3 Å². The zero-order chi connectivity index (χ0) is 14.8. The number of aliphatic carboxylic acids is 1. The fraction of sp³-hybridized carbons (Fsp3) is 0.467. The molecule has 5 heteroatoms. The number of ether oxygens (including phenoxy) is 1. The SMILES string of the molecule is CCC1(C(=O)O)CCN(C(=O)c2cccc(OC)c2)C1. The first kappa shape index (κ1) is 14.4. The summed E-state index contributed by atoms with van der Waals surface area (Å²) in [7, 11) is 1.55. The Kier molecular flexibility index (Phi) is 3.97. The molecule has 1 unspecified atom stereocenters. The molecule has 1 heterocycles. The van der Waals surface area contributed by atoms with E-state index in [2.05, 4.69) is 0 Å². The molecule has 1 N–H and O–H groups in total. The maximum Gasteiger partial charge on any atom is 0.311 e. The number of carboxylic acid groups (broad SMARTS) is 1. The predicted molar refractivity (Wildman–Crippen MR) is 73.9 cm³/mol. The van der Waals surface area contributed by atoms with Gasteiger partial charge in [-0.3, -0.25) is 9.59 Å². The number of carbonyl (C=O) groups excluding carboxylic acids is 1. The zero-order valence-corrected chi connectivity index (χ0v) is 11.8. The van der Waals surface area contributed by atoms with Gasteiger partial charge in [-0.15, -0.1) is 0 Å². The number of nitrogens with zero attached hydrogens (tertiary/aromatic N) is 1. The number of benzene rings is 1. The minimum Gasteiger partial charge on any atom is -0.497 e. The van der Waals surface area contributed by atoms with E-state index in [1.165, 1.54) is 0 Å². The van der Waals surface area contributed by atoms with Crippen LogP contribution in [0.4, 0.5) is 0 Å². The quantitative estimate of drug-likeness (QED) is 0.914. The van der Waals surface area contributed by atoms with Gasteiger partial charge in [0, 0.05) is 18.7 Å². The Morgan fingerprint density at radius 1 is 1.45 bits per heavy atom. The number of likely N-dealkylation sites (tertiary alicyclic amines) is 1. The number of carboxylic acids is 1. The average Bonchev–Trinajstić information content (AvgIpc) is 2.92. The number of amides is 1. The Morgan fingerprint density at radius 2 is 2.20 bits per heavy atom. The maximum absolute atomic E-state index is 12.4. The molecule has 0 radical (unpaired) electrons. The van der Waals surface area contributed by atoms with Gasteiger partial charge in [0.2, 0.25) is 0 Å². The molecule has 1 amide bonds. The van der Waals surface area contributed by atoms with Crippen molar-refractivity contribution in [3.8, 4) is 5.75 Å². The summed E-state index contributed by atoms with van der Waals surface area (Å²) in [6, 6.07) is 6.92. The van der Waals surface area contributed by atoms with Gasteiger partial charge < -0.3 is 14.7 Å². The van der Waals surface area contributed by atoms with Crippen LogP contribution in [0.1, 0.15) is 30.1 Å². The van der Waals surface area contributed by atoms with Crippen LogP contribution in [-0.2, 0) is 4.79 Å². The predicted octanol–water partition coefficient (Wildman–Crippen LogP) is 2.02. The van der Waals surface area contributed by atoms with E-state index in [1.54, 1.807) is 36.3 Å². The molecule has 1 saturated heterocycles. The fourth-order valence-electron chi connectivity index (χ4n) is 2.60. The summed E-state index contributed by atoms with van der Waals surface area (Å²) in [5.41, 5.74) is -0.268. The fourth-order valence-corrected chi connectivity index (χ4v) is 2.60. The van der Waals surface area contributed by atoms with E-state index in [9.17, 15) is 14.7 Å². The monoisotopic (exact) mass is 277 g/mol. The van der Waals surface area contributed by atoms with E-state index in [0.29, 0.717) is 30.7 Å². The second kappa shape index (κ2) is 5.53. The highest BCUT2D eigenvalue weighted by Crippen LogP contribution is 2.35. The van der Waals surface area contributed by atoms with E-state index < -0.39 is 11.4 Å². The number of rotatable bonds is 4. The summed E-state index contributed by atoms with van der Waals surface area (Å²) in [6.07, 6.45) is 1.04. The Morgan fingerprint density at radius 3 is 2.75 bits per heavy atom. The van der Waals surface area contributed by atoms with Gasteiger partial charge in [0.05, 0.1) is 12.5 Å². The molecule has 0 spiro atoms. The van der Waals surface area contributed by atoms with Crippen LogP contribution in [-0.4, -0.2) is 42.1 Å². The van der Waals surface area contributed by atoms with Crippen molar-refractivity contribution in [3.63, 3.8) is 0 Å². The van der Waals surface area contributed by atoms with Gasteiger partial charge in [-0.25, -0.2) is 0 Å². The van der Waals surface area contributed by atoms with Gasteiger partial charge >= 0.3 is 5.97 Å². The van der Waals surface area contributed by atoms with Gasteiger partial charge in [0.1, 0.15) is 5.75 Å². The molecule has 20 heavy (non-hydrogen) atoms. The van der Waals surface area contributed by atoms with E-state index in [0.717, 1.165) is 0 Å². The van der Waals surface area contributed by atoms with Crippen molar-refractivity contribution in [3.05, 3.63) is 29.8 Å². The summed E-state index contributed by atoms with van der Waals surface area (Å²) in [5.74, 6) is -0.337. The zero-order valence-electron chi connectivity index (χ0n) is 11.8. The van der Waals surface area contributed by atoms with Crippen LogP contribution in [0.2, 0.25) is 0 Å². The highest BCUT2D eigenvalue weighted by molar-refractivity contribution is 5.95. The van der Waals surface area contributed by atoms with Crippen LogP contribution in [0.25, 0.3) is 0 Å². The van der Waals surface area contributed by atoms with Crippen LogP contribution in [0, 0.1) is 5.41 Å². The minimum atomic E-state index is -0.819. The lowest BCUT2D eigenvalue weighted by Gasteiger charge is -2.23. The Balaban J connectivity index is 2.17. The van der Waals surface area contributed by atoms with E-state index >= 15 is 0 Å². The van der Waals surface area contributed by atoms with Crippen molar-refractivity contribution >= 4 is 11.9 Å². The summed E-state index contributed by atoms with van der Waals surface area (Å²) in [4.78, 5) is 25.4. The van der Waals surface area contributed by atoms with Crippen molar-refractivity contribution in [1.29, 1.82) is 0 Å². The average molecular weight is 277 g/mol. The third-order valence-corrected chi connectivity index (χ3v) is 4.09. The molecule has 5 nitrogen and oxygen atoms in total. The molecule has 0 aromatic heterocycles. The Labute approximate surface area is 118 Å². The Bertz CT molecular complexity index is 528. The normalized spacial score (nSPS) is 21.8. The first-order valence-electron chi connectivity index (χ1n) is 6.69. The summed E-state index contributed by atoms with van der Waals surface area (Å²) >= 11 is 0. The topological polar surface area (TPSA) is 66.8 Å². The van der Waals surface area contributed by atoms with E-state index in [4.69, 9.17) is 4.74 Å². The molecule has 108 valence electrons. The van der Waals surface area contributed by atoms with Gasteiger partial charge in [0.15, 0.2) is 0 Å². The molecule has 0 aliphatic carbocycles. The van der Waals surface area contributed by atoms with Crippen LogP contribution in [0.5, 0.6) is 5.75 Å². The Hall–Kier alpha value is -2.04. The lowest BCUT2D eigenvalue weighted by molar-refractivity contribution is -0.148. The molecule has 1 aromatic rings. The van der Waals surface area contributed by atoms with Crippen LogP contribution in [0.3, 0.4) is 0 Å². The molecule has 1 fully saturated rings. The summed E-state index contributed by atoms with van der Waals surface area (Å²) in [6.45, 7) is 2.61. The largest absolute Gasteiger partial charge is 0.497 e. The van der Waals surface area contributed by atoms with E-state index in [1.807, 2.05) is 6.92 Å². The van der Waals surface area contributed by atoms with Crippen molar-refractivity contribution in [2.45, 2.75) is 19.8 Å². The van der Waals surface area contributed by atoms with Crippen molar-refractivity contribution in [2.24, 2.45) is 5.41 Å². The first-order chi connectivity index (χ1) is 9.52. The van der Waals surface area contributed by atoms with E-state index in [-0.39, 0.29) is 12.5 Å². The van der Waals surface area contributed by atoms with Gasteiger partial charge in [-0.2, -0.15) is 0 Å². The molecular formula is C15H19NO4. The van der Waals surface area contributed by atoms with Crippen LogP contribution >= 0.6 is 0 Å². The lowest BCUT2D eigenvalue weighted by Crippen LogP contribution is -2.36. The highest BCUT2D eigenvalue weighted by Gasteiger charge is 2.44. The molecule has 1 aromatic carbocycles. The minimum absolute atomic E-state index is 0.138. The second-order valence-electron chi connectivity index (χ2n) is 5.15. The van der Waals surface area contributed by atoms with Crippen molar-refractivity contribution in [1.82, 2.24) is 4.90 Å². The number of carbonyl (C=O) groups is 2. The molecule has 0 saturated carbocycles. The van der Waals surface area contributed by atoms with Gasteiger partial charge in [-0.05, 0) is 31.0 Å². The standard InChI is InChI=1S/C15H19NO4/c1-3-15(14(18)19)7-8-16(10-15)13(17)11-5-4-6-12(9-11)20-2/h4-6,9H,3,7-8,10H2,1-2H3,(H,18,19). The van der Waals surface area contributed by atoms with Gasteiger partial charge in [-0.1, -0.05) is 13.0 Å². The first-order valence-corrected chi connectivity index (χ1v) is 6.69. The molecule has 0 bridgehead atoms. The van der Waals surface area contributed by atoms with Crippen LogP contribution < -0.4 is 4.74 Å². The number of hydrogen-bond acceptors (Lipinski definition) is 3. The third kappa shape index (κ3) is 2.48. The molecule has 2 rings (SSSR count). The number of methoxy groups -OCH3 is 1. The van der Waals surface area contributed by atoms with Gasteiger partial charge in [0.25, 0.3) is 5.91 Å². The highest BCUT2D eigenvalue weighted by atomic mass is 16.5. The molecule has 1 aliphatic heterocycles. The summed E-state index contributed by atoms with van der Waals surface area (Å²) in [5, 5.41) is 9.36.